The van der Waals surface area contributed by atoms with Crippen LogP contribution in [0.1, 0.15) is 31.2 Å². The maximum absolute atomic E-state index is 12.3. The standard InChI is InChI=1S/C22H26N4O4S2/c27-20(6-2-1-5-19-21-18(14-32(19,29)30)25-22(28)26-21)24-16-7-9-17(10-8-16)31-13-15-4-3-11-23-12-15/h3-4,7-12,18-19,21H,1-2,5-6,13-14H2,(H,24,27)(H2,25,26,28). The first-order valence-electron chi connectivity index (χ1n) is 10.6. The van der Waals surface area contributed by atoms with Crippen molar-refractivity contribution in [1.82, 2.24) is 15.6 Å². The Kier molecular flexibility index (Phi) is 7.00. The summed E-state index contributed by atoms with van der Waals surface area (Å²) in [6.45, 7) is 0. The highest BCUT2D eigenvalue weighted by Crippen LogP contribution is 2.28. The molecule has 3 unspecified atom stereocenters. The lowest BCUT2D eigenvalue weighted by atomic mass is 10.0. The predicted octanol–water partition coefficient (Wildman–Crippen LogP) is 2.72. The van der Waals surface area contributed by atoms with Crippen molar-refractivity contribution in [3.05, 3.63) is 54.4 Å². The quantitative estimate of drug-likeness (QED) is 0.292. The topological polar surface area (TPSA) is 117 Å². The molecule has 0 saturated carbocycles. The monoisotopic (exact) mass is 474 g/mol. The minimum atomic E-state index is -3.23. The molecule has 1 aromatic carbocycles. The fourth-order valence-electron chi connectivity index (χ4n) is 4.14. The second kappa shape index (κ2) is 9.91. The number of urea groups is 1. The van der Waals surface area contributed by atoms with Crippen LogP contribution in [-0.4, -0.2) is 48.4 Å². The highest BCUT2D eigenvalue weighted by molar-refractivity contribution is 7.98. The van der Waals surface area contributed by atoms with Crippen LogP contribution in [0.3, 0.4) is 0 Å². The number of carbonyl (C=O) groups is 2. The molecule has 32 heavy (non-hydrogen) atoms. The zero-order valence-electron chi connectivity index (χ0n) is 17.5. The molecule has 0 spiro atoms. The Morgan fingerprint density at radius 1 is 1.16 bits per heavy atom. The lowest BCUT2D eigenvalue weighted by Crippen LogP contribution is -2.39. The molecule has 3 N–H and O–H groups in total. The van der Waals surface area contributed by atoms with E-state index in [9.17, 15) is 18.0 Å². The van der Waals surface area contributed by atoms with Crippen LogP contribution in [0.5, 0.6) is 0 Å². The summed E-state index contributed by atoms with van der Waals surface area (Å²) in [5.74, 6) is 0.721. The van der Waals surface area contributed by atoms with Crippen molar-refractivity contribution in [3.8, 4) is 0 Å². The van der Waals surface area contributed by atoms with Crippen molar-refractivity contribution in [3.63, 3.8) is 0 Å². The van der Waals surface area contributed by atoms with Gasteiger partial charge in [0.2, 0.25) is 5.91 Å². The summed E-state index contributed by atoms with van der Waals surface area (Å²) in [6, 6.07) is 10.7. The molecule has 3 heterocycles. The first-order chi connectivity index (χ1) is 15.4. The van der Waals surface area contributed by atoms with Gasteiger partial charge in [-0.15, -0.1) is 11.8 Å². The number of aromatic nitrogens is 1. The van der Waals surface area contributed by atoms with Crippen molar-refractivity contribution < 1.29 is 18.0 Å². The van der Waals surface area contributed by atoms with Gasteiger partial charge in [-0.3, -0.25) is 9.78 Å². The Hall–Kier alpha value is -2.59. The van der Waals surface area contributed by atoms with Crippen LogP contribution in [0, 0.1) is 0 Å². The molecule has 3 amide bonds. The van der Waals surface area contributed by atoms with Crippen LogP contribution in [0.4, 0.5) is 10.5 Å². The molecule has 2 aliphatic heterocycles. The van der Waals surface area contributed by atoms with Gasteiger partial charge in [-0.1, -0.05) is 12.5 Å². The van der Waals surface area contributed by atoms with Gasteiger partial charge in [-0.25, -0.2) is 13.2 Å². The number of sulfone groups is 1. The highest BCUT2D eigenvalue weighted by Gasteiger charge is 2.51. The number of fused-ring (bicyclic) bond motifs is 1. The third kappa shape index (κ3) is 5.60. The van der Waals surface area contributed by atoms with Gasteiger partial charge in [0.05, 0.1) is 23.1 Å². The summed E-state index contributed by atoms with van der Waals surface area (Å²) < 4.78 is 24.7. The maximum Gasteiger partial charge on any atom is 0.315 e. The molecule has 10 heteroatoms. The number of hydrogen-bond acceptors (Lipinski definition) is 6. The van der Waals surface area contributed by atoms with E-state index in [0.717, 1.165) is 21.9 Å². The first-order valence-corrected chi connectivity index (χ1v) is 13.3. The second-order valence-electron chi connectivity index (χ2n) is 8.09. The van der Waals surface area contributed by atoms with Gasteiger partial charge in [0.1, 0.15) is 0 Å². The van der Waals surface area contributed by atoms with Crippen molar-refractivity contribution in [1.29, 1.82) is 0 Å². The zero-order chi connectivity index (χ0) is 22.6. The van der Waals surface area contributed by atoms with Gasteiger partial charge in [0.15, 0.2) is 9.84 Å². The number of thioether (sulfide) groups is 1. The van der Waals surface area contributed by atoms with E-state index in [2.05, 4.69) is 20.9 Å². The van der Waals surface area contributed by atoms with Crippen molar-refractivity contribution in [2.45, 2.75) is 53.7 Å². The maximum atomic E-state index is 12.3. The summed E-state index contributed by atoms with van der Waals surface area (Å²) in [6.07, 6.45) is 5.58. The average Bonchev–Trinajstić information content (AvgIpc) is 3.22. The number of benzene rings is 1. The largest absolute Gasteiger partial charge is 0.332 e. The van der Waals surface area contributed by atoms with Crippen LogP contribution < -0.4 is 16.0 Å². The third-order valence-corrected chi connectivity index (χ3v) is 9.09. The smallest absolute Gasteiger partial charge is 0.315 e. The van der Waals surface area contributed by atoms with E-state index in [1.165, 1.54) is 0 Å². The van der Waals surface area contributed by atoms with Crippen molar-refractivity contribution in [2.75, 3.05) is 11.1 Å². The molecule has 2 aliphatic rings. The Labute approximate surface area is 191 Å². The van der Waals surface area contributed by atoms with Gasteiger partial charge in [-0.05, 0) is 48.7 Å². The van der Waals surface area contributed by atoms with Crippen molar-refractivity contribution in [2.24, 2.45) is 0 Å². The lowest BCUT2D eigenvalue weighted by Gasteiger charge is -2.16. The molecule has 8 nitrogen and oxygen atoms in total. The Bertz CT molecular complexity index is 1060. The number of carbonyl (C=O) groups excluding carboxylic acids is 2. The van der Waals surface area contributed by atoms with Gasteiger partial charge < -0.3 is 16.0 Å². The Morgan fingerprint density at radius 2 is 1.97 bits per heavy atom. The van der Waals surface area contributed by atoms with Crippen LogP contribution >= 0.6 is 11.8 Å². The normalized spacial score (nSPS) is 23.2. The van der Waals surface area contributed by atoms with E-state index in [-0.39, 0.29) is 29.8 Å². The number of nitrogens with one attached hydrogen (secondary N) is 3. The molecular weight excluding hydrogens is 448 g/mol. The number of unbranched alkanes of at least 4 members (excludes halogenated alkanes) is 1. The summed E-state index contributed by atoms with van der Waals surface area (Å²) in [5.41, 5.74) is 1.89. The second-order valence-corrected chi connectivity index (χ2v) is 11.4. The van der Waals surface area contributed by atoms with Gasteiger partial charge in [0, 0.05) is 35.2 Å². The molecule has 170 valence electrons. The van der Waals surface area contributed by atoms with Gasteiger partial charge in [0.25, 0.3) is 0 Å². The molecule has 4 rings (SSSR count). The number of nitrogens with zero attached hydrogens (tertiary/aromatic N) is 1. The van der Waals surface area contributed by atoms with Crippen LogP contribution in [-0.2, 0) is 20.4 Å². The van der Waals surface area contributed by atoms with E-state index in [1.54, 1.807) is 18.0 Å². The SMILES string of the molecule is O=C(CCCCC1C2NC(=O)NC2CS1(=O)=O)Nc1ccc(SCc2cccnc2)cc1. The first kappa shape index (κ1) is 22.6. The van der Waals surface area contributed by atoms with E-state index in [0.29, 0.717) is 25.7 Å². The zero-order valence-corrected chi connectivity index (χ0v) is 19.1. The fourth-order valence-corrected chi connectivity index (χ4v) is 7.25. The molecule has 0 bridgehead atoms. The minimum Gasteiger partial charge on any atom is -0.332 e. The van der Waals surface area contributed by atoms with Gasteiger partial charge >= 0.3 is 6.03 Å². The number of hydrogen-bond donors (Lipinski definition) is 3. The fraction of sp³-hybridized carbons (Fsp3) is 0.409. The number of anilines is 1. The highest BCUT2D eigenvalue weighted by atomic mass is 32.2. The minimum absolute atomic E-state index is 0.0158. The Balaban J connectivity index is 1.18. The average molecular weight is 475 g/mol. The van der Waals surface area contributed by atoms with E-state index in [4.69, 9.17) is 0 Å². The Morgan fingerprint density at radius 3 is 2.72 bits per heavy atom. The van der Waals surface area contributed by atoms with Crippen molar-refractivity contribution >= 4 is 39.2 Å². The molecule has 3 atom stereocenters. The van der Waals surface area contributed by atoms with E-state index in [1.807, 2.05) is 42.6 Å². The molecule has 2 saturated heterocycles. The predicted molar refractivity (Wildman–Crippen MR) is 124 cm³/mol. The van der Waals surface area contributed by atoms with Crippen LogP contribution in [0.25, 0.3) is 0 Å². The van der Waals surface area contributed by atoms with Crippen LogP contribution in [0.2, 0.25) is 0 Å². The third-order valence-electron chi connectivity index (χ3n) is 5.73. The summed E-state index contributed by atoms with van der Waals surface area (Å²) >= 11 is 1.70. The number of amides is 3. The van der Waals surface area contributed by atoms with E-state index < -0.39 is 15.1 Å². The lowest BCUT2D eigenvalue weighted by molar-refractivity contribution is -0.116. The summed E-state index contributed by atoms with van der Waals surface area (Å²) in [4.78, 5) is 28.9. The summed E-state index contributed by atoms with van der Waals surface area (Å²) in [7, 11) is -3.23. The molecule has 2 aromatic rings. The molecule has 0 radical (unpaired) electrons. The molecule has 1 aromatic heterocycles. The molecular formula is C22H26N4O4S2. The summed E-state index contributed by atoms with van der Waals surface area (Å²) in [5, 5.41) is 7.68. The van der Waals surface area contributed by atoms with E-state index >= 15 is 0 Å². The molecule has 0 aliphatic carbocycles. The van der Waals surface area contributed by atoms with Crippen LogP contribution in [0.15, 0.2) is 53.7 Å². The number of pyridine rings is 1. The van der Waals surface area contributed by atoms with Gasteiger partial charge in [-0.2, -0.15) is 0 Å². The molecule has 2 fully saturated rings. The number of rotatable bonds is 9.